The van der Waals surface area contributed by atoms with Gasteiger partial charge in [-0.1, -0.05) is 50.2 Å². The Kier molecular flexibility index (Phi) is 6.45. The third-order valence-corrected chi connectivity index (χ3v) is 6.14. The topological polar surface area (TPSA) is 45.7 Å². The number of aromatic nitrogens is 1. The van der Waals surface area contributed by atoms with Gasteiger partial charge in [0.1, 0.15) is 0 Å². The summed E-state index contributed by atoms with van der Waals surface area (Å²) in [5.41, 5.74) is 1.92. The van der Waals surface area contributed by atoms with Gasteiger partial charge in [-0.05, 0) is 23.1 Å². The zero-order chi connectivity index (χ0) is 20.9. The Labute approximate surface area is 181 Å². The number of hydrogen-bond acceptors (Lipinski definition) is 6. The van der Waals surface area contributed by atoms with E-state index in [1.165, 1.54) is 4.88 Å². The van der Waals surface area contributed by atoms with E-state index in [0.29, 0.717) is 5.75 Å². The lowest BCUT2D eigenvalue weighted by Crippen LogP contribution is -2.46. The van der Waals surface area contributed by atoms with Crippen molar-refractivity contribution in [2.45, 2.75) is 20.4 Å². The molecule has 1 fully saturated rings. The predicted octanol–water partition coefficient (Wildman–Crippen LogP) is 4.69. The highest BCUT2D eigenvalue weighted by Gasteiger charge is 2.25. The third kappa shape index (κ3) is 4.71. The van der Waals surface area contributed by atoms with Crippen LogP contribution < -0.4 is 9.64 Å². The van der Waals surface area contributed by atoms with E-state index >= 15 is 0 Å². The van der Waals surface area contributed by atoms with Gasteiger partial charge in [0.15, 0.2) is 11.6 Å². The second-order valence-corrected chi connectivity index (χ2v) is 8.83. The van der Waals surface area contributed by atoms with Gasteiger partial charge in [0, 0.05) is 49.4 Å². The minimum absolute atomic E-state index is 0.204. The number of carbonyl (C=O) groups is 1. The molecule has 1 saturated heterocycles. The lowest BCUT2D eigenvalue weighted by atomic mass is 10.1. The van der Waals surface area contributed by atoms with Crippen molar-refractivity contribution < 1.29 is 9.53 Å². The Morgan fingerprint density at radius 3 is 2.50 bits per heavy atom. The van der Waals surface area contributed by atoms with Crippen molar-refractivity contribution in [1.82, 2.24) is 9.88 Å². The number of anilines is 1. The van der Waals surface area contributed by atoms with Crippen LogP contribution in [-0.2, 0) is 11.3 Å². The summed E-state index contributed by atoms with van der Waals surface area (Å²) in [4.78, 5) is 23.2. The van der Waals surface area contributed by atoms with Crippen molar-refractivity contribution in [3.05, 3.63) is 65.0 Å². The fraction of sp³-hybridized carbons (Fsp3) is 0.333. The standard InChI is InChI=1S/C24H27N3O2S/c1-18(2)24(28)29-22-21(19-7-4-3-5-8-19)10-11-25-23(22)27-14-12-26(13-15-27)17-20-9-6-16-30-20/h3-11,16,18H,12-15,17H2,1-2H3. The molecule has 0 aliphatic carbocycles. The van der Waals surface area contributed by atoms with Gasteiger partial charge in [-0.3, -0.25) is 9.69 Å². The van der Waals surface area contributed by atoms with Crippen LogP contribution in [0.2, 0.25) is 0 Å². The molecule has 0 N–H and O–H groups in total. The monoisotopic (exact) mass is 421 g/mol. The third-order valence-electron chi connectivity index (χ3n) is 5.28. The fourth-order valence-electron chi connectivity index (χ4n) is 3.57. The number of hydrogen-bond donors (Lipinski definition) is 0. The molecule has 0 atom stereocenters. The van der Waals surface area contributed by atoms with Crippen molar-refractivity contribution in [2.24, 2.45) is 5.92 Å². The molecule has 5 nitrogen and oxygen atoms in total. The Morgan fingerprint density at radius 2 is 1.83 bits per heavy atom. The van der Waals surface area contributed by atoms with Gasteiger partial charge < -0.3 is 9.64 Å². The summed E-state index contributed by atoms with van der Waals surface area (Å²) in [5, 5.41) is 2.12. The zero-order valence-electron chi connectivity index (χ0n) is 17.5. The van der Waals surface area contributed by atoms with E-state index in [0.717, 1.165) is 49.7 Å². The molecular formula is C24H27N3O2S. The molecule has 1 aromatic carbocycles. The summed E-state index contributed by atoms with van der Waals surface area (Å²) >= 11 is 1.80. The van der Waals surface area contributed by atoms with Crippen molar-refractivity contribution >= 4 is 23.1 Å². The van der Waals surface area contributed by atoms with Gasteiger partial charge in [-0.2, -0.15) is 0 Å². The number of rotatable bonds is 6. The molecule has 3 aromatic rings. The highest BCUT2D eigenvalue weighted by Crippen LogP contribution is 2.38. The van der Waals surface area contributed by atoms with Crippen molar-refractivity contribution in [3.63, 3.8) is 0 Å². The van der Waals surface area contributed by atoms with Crippen LogP contribution in [0.15, 0.2) is 60.1 Å². The summed E-state index contributed by atoms with van der Waals surface area (Å²) in [6, 6.07) is 16.2. The van der Waals surface area contributed by atoms with Gasteiger partial charge in [0.25, 0.3) is 0 Å². The number of carbonyl (C=O) groups excluding carboxylic acids is 1. The number of piperazine rings is 1. The molecule has 0 bridgehead atoms. The second kappa shape index (κ2) is 9.41. The molecule has 1 aliphatic heterocycles. The minimum atomic E-state index is -0.238. The van der Waals surface area contributed by atoms with Crippen LogP contribution in [0.3, 0.4) is 0 Å². The van der Waals surface area contributed by atoms with Crippen molar-refractivity contribution in [2.75, 3.05) is 31.1 Å². The molecule has 0 spiro atoms. The molecule has 156 valence electrons. The first-order chi connectivity index (χ1) is 14.6. The van der Waals surface area contributed by atoms with E-state index in [9.17, 15) is 4.79 Å². The Balaban J connectivity index is 1.58. The number of pyridine rings is 1. The van der Waals surface area contributed by atoms with Crippen molar-refractivity contribution in [3.8, 4) is 16.9 Å². The first-order valence-electron chi connectivity index (χ1n) is 10.4. The van der Waals surface area contributed by atoms with Crippen LogP contribution >= 0.6 is 11.3 Å². The molecule has 1 aliphatic rings. The lowest BCUT2D eigenvalue weighted by Gasteiger charge is -2.36. The molecular weight excluding hydrogens is 394 g/mol. The normalized spacial score (nSPS) is 14.8. The van der Waals surface area contributed by atoms with E-state index in [1.54, 1.807) is 11.3 Å². The van der Waals surface area contributed by atoms with E-state index in [4.69, 9.17) is 4.74 Å². The van der Waals surface area contributed by atoms with E-state index in [2.05, 4.69) is 32.3 Å². The summed E-state index contributed by atoms with van der Waals surface area (Å²) < 4.78 is 5.90. The molecule has 0 saturated carbocycles. The Morgan fingerprint density at radius 1 is 1.07 bits per heavy atom. The first kappa shape index (κ1) is 20.6. The quantitative estimate of drug-likeness (QED) is 0.540. The van der Waals surface area contributed by atoms with Crippen LogP contribution in [0.5, 0.6) is 5.75 Å². The second-order valence-electron chi connectivity index (χ2n) is 7.80. The average molecular weight is 422 g/mol. The van der Waals surface area contributed by atoms with E-state index < -0.39 is 0 Å². The SMILES string of the molecule is CC(C)C(=O)Oc1c(-c2ccccc2)ccnc1N1CCN(Cc2cccs2)CC1. The maximum absolute atomic E-state index is 12.5. The molecule has 3 heterocycles. The number of ether oxygens (including phenoxy) is 1. The first-order valence-corrected chi connectivity index (χ1v) is 11.3. The molecule has 0 radical (unpaired) electrons. The summed E-state index contributed by atoms with van der Waals surface area (Å²) in [7, 11) is 0. The molecule has 2 aromatic heterocycles. The van der Waals surface area contributed by atoms with Crippen LogP contribution in [-0.4, -0.2) is 42.0 Å². The lowest BCUT2D eigenvalue weighted by molar-refractivity contribution is -0.137. The van der Waals surface area contributed by atoms with Gasteiger partial charge in [0.2, 0.25) is 0 Å². The van der Waals surface area contributed by atoms with E-state index in [-0.39, 0.29) is 11.9 Å². The summed E-state index contributed by atoms with van der Waals surface area (Å²) in [6.07, 6.45) is 1.81. The average Bonchev–Trinajstić information content (AvgIpc) is 3.28. The largest absolute Gasteiger partial charge is 0.422 e. The predicted molar refractivity (Wildman–Crippen MR) is 122 cm³/mol. The molecule has 0 amide bonds. The molecule has 30 heavy (non-hydrogen) atoms. The van der Waals surface area contributed by atoms with Gasteiger partial charge in [0.05, 0.1) is 5.92 Å². The Bertz CT molecular complexity index is 965. The summed E-state index contributed by atoms with van der Waals surface area (Å²) in [5.74, 6) is 0.873. The van der Waals surface area contributed by atoms with Crippen molar-refractivity contribution in [1.29, 1.82) is 0 Å². The van der Waals surface area contributed by atoms with Gasteiger partial charge >= 0.3 is 5.97 Å². The smallest absolute Gasteiger partial charge is 0.313 e. The highest BCUT2D eigenvalue weighted by molar-refractivity contribution is 7.09. The van der Waals surface area contributed by atoms with Gasteiger partial charge in [-0.15, -0.1) is 11.3 Å². The fourth-order valence-corrected chi connectivity index (χ4v) is 4.31. The maximum atomic E-state index is 12.5. The number of thiophene rings is 1. The molecule has 6 heteroatoms. The van der Waals surface area contributed by atoms with Gasteiger partial charge in [-0.25, -0.2) is 4.98 Å². The van der Waals surface area contributed by atoms with Crippen LogP contribution in [0.25, 0.3) is 11.1 Å². The molecule has 0 unspecified atom stereocenters. The molecule has 4 rings (SSSR count). The minimum Gasteiger partial charge on any atom is -0.422 e. The van der Waals surface area contributed by atoms with Crippen LogP contribution in [0, 0.1) is 5.92 Å². The number of nitrogens with zero attached hydrogens (tertiary/aromatic N) is 3. The maximum Gasteiger partial charge on any atom is 0.313 e. The Hall–Kier alpha value is -2.70. The van der Waals surface area contributed by atoms with E-state index in [1.807, 2.05) is 56.4 Å². The van der Waals surface area contributed by atoms with Crippen LogP contribution in [0.1, 0.15) is 18.7 Å². The zero-order valence-corrected chi connectivity index (χ0v) is 18.3. The van der Waals surface area contributed by atoms with Crippen LogP contribution in [0.4, 0.5) is 5.82 Å². The number of benzene rings is 1. The highest BCUT2D eigenvalue weighted by atomic mass is 32.1. The summed E-state index contributed by atoms with van der Waals surface area (Å²) in [6.45, 7) is 8.29. The number of esters is 1.